The number of aryl methyl sites for hydroxylation is 1. The van der Waals surface area contributed by atoms with E-state index in [-0.39, 0.29) is 11.5 Å². The van der Waals surface area contributed by atoms with Gasteiger partial charge in [0, 0.05) is 19.3 Å². The minimum Gasteiger partial charge on any atom is -0.493 e. The molecular weight excluding hydrogens is 311 g/mol. The van der Waals surface area contributed by atoms with E-state index in [1.165, 1.54) is 13.2 Å². The topological polar surface area (TPSA) is 48.3 Å². The summed E-state index contributed by atoms with van der Waals surface area (Å²) in [4.78, 5) is 0. The zero-order valence-electron chi connectivity index (χ0n) is 12.9. The molecule has 1 aromatic carbocycles. The average Bonchev–Trinajstić information content (AvgIpc) is 2.98. The maximum Gasteiger partial charge on any atom is 0.422 e. The molecule has 0 aliphatic heterocycles. The fourth-order valence-electron chi connectivity index (χ4n) is 1.93. The van der Waals surface area contributed by atoms with E-state index in [0.717, 1.165) is 17.8 Å². The van der Waals surface area contributed by atoms with E-state index in [1.807, 2.05) is 13.1 Å². The Hall–Kier alpha value is -2.38. The van der Waals surface area contributed by atoms with E-state index in [0.29, 0.717) is 6.54 Å². The van der Waals surface area contributed by atoms with Gasteiger partial charge in [0.1, 0.15) is 0 Å². The van der Waals surface area contributed by atoms with Crippen LogP contribution in [0.1, 0.15) is 12.5 Å². The molecule has 0 aliphatic rings. The third-order valence-electron chi connectivity index (χ3n) is 3.07. The number of alkyl halides is 3. The van der Waals surface area contributed by atoms with Crippen molar-refractivity contribution in [3.63, 3.8) is 0 Å². The van der Waals surface area contributed by atoms with Gasteiger partial charge in [-0.1, -0.05) is 6.07 Å². The summed E-state index contributed by atoms with van der Waals surface area (Å²) in [6.45, 7) is 1.91. The van der Waals surface area contributed by atoms with Crippen molar-refractivity contribution in [2.75, 3.05) is 19.0 Å². The average molecular weight is 329 g/mol. The van der Waals surface area contributed by atoms with Gasteiger partial charge in [-0.05, 0) is 24.6 Å². The maximum absolute atomic E-state index is 12.2. The first-order valence-electron chi connectivity index (χ1n) is 7.04. The smallest absolute Gasteiger partial charge is 0.422 e. The van der Waals surface area contributed by atoms with Crippen molar-refractivity contribution in [1.29, 1.82) is 0 Å². The lowest BCUT2D eigenvalue weighted by Crippen LogP contribution is -2.19. The molecule has 2 aromatic rings. The Balaban J connectivity index is 2.00. The summed E-state index contributed by atoms with van der Waals surface area (Å²) in [5.74, 6) is 0.324. The highest BCUT2D eigenvalue weighted by molar-refractivity contribution is 5.45. The molecule has 0 unspecified atom stereocenters. The third kappa shape index (κ3) is 5.08. The Morgan fingerprint density at radius 2 is 2.04 bits per heavy atom. The summed E-state index contributed by atoms with van der Waals surface area (Å²) in [6, 6.07) is 4.80. The van der Waals surface area contributed by atoms with Crippen molar-refractivity contribution in [3.05, 3.63) is 36.2 Å². The van der Waals surface area contributed by atoms with Gasteiger partial charge >= 0.3 is 6.18 Å². The van der Waals surface area contributed by atoms with E-state index in [9.17, 15) is 13.2 Å². The Morgan fingerprint density at radius 3 is 2.65 bits per heavy atom. The van der Waals surface area contributed by atoms with Crippen LogP contribution in [-0.2, 0) is 13.1 Å². The summed E-state index contributed by atoms with van der Waals surface area (Å²) >= 11 is 0. The molecule has 126 valence electrons. The van der Waals surface area contributed by atoms with E-state index in [4.69, 9.17) is 9.47 Å². The standard InChI is InChI=1S/C15H18F3N3O2/c1-3-21-9-12(8-20-21)19-7-11-4-5-13(14(6-11)22-2)23-10-15(16,17)18/h4-6,8-9,19H,3,7,10H2,1-2H3. The molecule has 0 atom stereocenters. The van der Waals surface area contributed by atoms with Gasteiger partial charge < -0.3 is 14.8 Å². The Bertz CT molecular complexity index is 641. The molecule has 0 saturated heterocycles. The zero-order valence-corrected chi connectivity index (χ0v) is 12.9. The lowest BCUT2D eigenvalue weighted by Gasteiger charge is -2.13. The van der Waals surface area contributed by atoms with Crippen molar-refractivity contribution in [3.8, 4) is 11.5 Å². The number of methoxy groups -OCH3 is 1. The van der Waals surface area contributed by atoms with E-state index < -0.39 is 12.8 Å². The van der Waals surface area contributed by atoms with Crippen LogP contribution in [0.15, 0.2) is 30.6 Å². The molecule has 23 heavy (non-hydrogen) atoms. The number of anilines is 1. The highest BCUT2D eigenvalue weighted by Crippen LogP contribution is 2.30. The quantitative estimate of drug-likeness (QED) is 0.845. The first kappa shape index (κ1) is 17.0. The van der Waals surface area contributed by atoms with Gasteiger partial charge in [-0.25, -0.2) is 0 Å². The second-order valence-corrected chi connectivity index (χ2v) is 4.83. The SMILES string of the molecule is CCn1cc(NCc2ccc(OCC(F)(F)F)c(OC)c2)cn1. The lowest BCUT2D eigenvalue weighted by molar-refractivity contribution is -0.153. The fraction of sp³-hybridized carbons (Fsp3) is 0.400. The molecule has 0 radical (unpaired) electrons. The van der Waals surface area contributed by atoms with Crippen molar-refractivity contribution >= 4 is 5.69 Å². The number of benzene rings is 1. The van der Waals surface area contributed by atoms with E-state index >= 15 is 0 Å². The molecule has 1 aromatic heterocycles. The number of ether oxygens (including phenoxy) is 2. The molecule has 5 nitrogen and oxygen atoms in total. The van der Waals surface area contributed by atoms with Crippen LogP contribution < -0.4 is 14.8 Å². The van der Waals surface area contributed by atoms with Gasteiger partial charge in [0.2, 0.25) is 0 Å². The number of hydrogen-bond donors (Lipinski definition) is 1. The van der Waals surface area contributed by atoms with Gasteiger partial charge in [-0.15, -0.1) is 0 Å². The normalized spacial score (nSPS) is 11.3. The van der Waals surface area contributed by atoms with Crippen LogP contribution in [0, 0.1) is 0 Å². The molecule has 0 aliphatic carbocycles. The summed E-state index contributed by atoms with van der Waals surface area (Å²) in [5.41, 5.74) is 1.72. The minimum absolute atomic E-state index is 0.0624. The van der Waals surface area contributed by atoms with Gasteiger partial charge in [0.25, 0.3) is 0 Å². The summed E-state index contributed by atoms with van der Waals surface area (Å²) < 4.78 is 48.3. The van der Waals surface area contributed by atoms with Crippen molar-refractivity contribution in [1.82, 2.24) is 9.78 Å². The summed E-state index contributed by atoms with van der Waals surface area (Å²) in [6.07, 6.45) is -0.801. The molecule has 1 heterocycles. The predicted octanol–water partition coefficient (Wildman–Crippen LogP) is 3.46. The largest absolute Gasteiger partial charge is 0.493 e. The highest BCUT2D eigenvalue weighted by Gasteiger charge is 2.29. The Morgan fingerprint density at radius 1 is 1.26 bits per heavy atom. The number of aromatic nitrogens is 2. The molecule has 0 bridgehead atoms. The second kappa shape index (κ2) is 7.26. The first-order chi connectivity index (χ1) is 10.9. The van der Waals surface area contributed by atoms with Crippen LogP contribution >= 0.6 is 0 Å². The van der Waals surface area contributed by atoms with Crippen molar-refractivity contribution in [2.24, 2.45) is 0 Å². The summed E-state index contributed by atoms with van der Waals surface area (Å²) in [7, 11) is 1.39. The van der Waals surface area contributed by atoms with Crippen molar-refractivity contribution < 1.29 is 22.6 Å². The van der Waals surface area contributed by atoms with Crippen LogP contribution in [0.25, 0.3) is 0 Å². The molecular formula is C15H18F3N3O2. The molecule has 2 rings (SSSR count). The number of nitrogens with zero attached hydrogens (tertiary/aromatic N) is 2. The van der Waals surface area contributed by atoms with Crippen LogP contribution in [0.4, 0.5) is 18.9 Å². The molecule has 0 fully saturated rings. The van der Waals surface area contributed by atoms with Crippen LogP contribution in [-0.4, -0.2) is 29.7 Å². The number of nitrogens with one attached hydrogen (secondary N) is 1. The van der Waals surface area contributed by atoms with Crippen molar-refractivity contribution in [2.45, 2.75) is 26.2 Å². The van der Waals surface area contributed by atoms with Gasteiger partial charge in [-0.3, -0.25) is 4.68 Å². The Labute approximate surface area is 132 Å². The van der Waals surface area contributed by atoms with Crippen LogP contribution in [0.2, 0.25) is 0 Å². The third-order valence-corrected chi connectivity index (χ3v) is 3.07. The monoisotopic (exact) mass is 329 g/mol. The molecule has 0 spiro atoms. The van der Waals surface area contributed by atoms with Gasteiger partial charge in [0.05, 0.1) is 19.0 Å². The molecule has 0 amide bonds. The molecule has 8 heteroatoms. The minimum atomic E-state index is -4.38. The maximum atomic E-state index is 12.2. The fourth-order valence-corrected chi connectivity index (χ4v) is 1.93. The van der Waals surface area contributed by atoms with E-state index in [1.54, 1.807) is 23.0 Å². The lowest BCUT2D eigenvalue weighted by atomic mass is 10.2. The second-order valence-electron chi connectivity index (χ2n) is 4.83. The summed E-state index contributed by atoms with van der Waals surface area (Å²) in [5, 5.41) is 7.33. The number of hydrogen-bond acceptors (Lipinski definition) is 4. The predicted molar refractivity (Wildman–Crippen MR) is 79.8 cm³/mol. The Kier molecular flexibility index (Phi) is 5.36. The number of halogens is 3. The highest BCUT2D eigenvalue weighted by atomic mass is 19.4. The zero-order chi connectivity index (χ0) is 16.9. The molecule has 0 saturated carbocycles. The van der Waals surface area contributed by atoms with Gasteiger partial charge in [-0.2, -0.15) is 18.3 Å². The van der Waals surface area contributed by atoms with E-state index in [2.05, 4.69) is 10.4 Å². The molecule has 1 N–H and O–H groups in total. The van der Waals surface area contributed by atoms with Gasteiger partial charge in [0.15, 0.2) is 18.1 Å². The van der Waals surface area contributed by atoms with Crippen LogP contribution in [0.3, 0.4) is 0 Å². The first-order valence-corrected chi connectivity index (χ1v) is 7.04. The number of rotatable bonds is 7. The van der Waals surface area contributed by atoms with Crippen LogP contribution in [0.5, 0.6) is 11.5 Å².